The minimum atomic E-state index is -0.475. The molecule has 0 radical (unpaired) electrons. The lowest BCUT2D eigenvalue weighted by molar-refractivity contribution is -0.127. The molecular weight excluding hydrogens is 278 g/mol. The first-order valence-corrected chi connectivity index (χ1v) is 8.81. The van der Waals surface area contributed by atoms with Crippen molar-refractivity contribution in [3.05, 3.63) is 0 Å². The topological polar surface area (TPSA) is 46.6 Å². The zero-order valence-corrected chi connectivity index (χ0v) is 14.6. The van der Waals surface area contributed by atoms with Crippen LogP contribution in [0.15, 0.2) is 0 Å². The molecule has 22 heavy (non-hydrogen) atoms. The van der Waals surface area contributed by atoms with E-state index in [0.29, 0.717) is 24.8 Å². The van der Waals surface area contributed by atoms with Crippen molar-refractivity contribution in [3.63, 3.8) is 0 Å². The molecule has 1 aliphatic heterocycles. The van der Waals surface area contributed by atoms with Gasteiger partial charge in [0.25, 0.3) is 0 Å². The maximum atomic E-state index is 12.7. The molecule has 2 aliphatic rings. The highest BCUT2D eigenvalue weighted by Crippen LogP contribution is 2.34. The zero-order valence-electron chi connectivity index (χ0n) is 14.6. The lowest BCUT2D eigenvalue weighted by Gasteiger charge is -2.29. The second-order valence-corrected chi connectivity index (χ2v) is 7.95. The fourth-order valence-corrected chi connectivity index (χ4v) is 3.74. The summed E-state index contributed by atoms with van der Waals surface area (Å²) in [7, 11) is 0. The molecule has 4 heteroatoms. The van der Waals surface area contributed by atoms with Gasteiger partial charge >= 0.3 is 6.09 Å². The minimum absolute atomic E-state index is 0.0214. The third-order valence-corrected chi connectivity index (χ3v) is 5.00. The van der Waals surface area contributed by atoms with Crippen molar-refractivity contribution in [2.75, 3.05) is 13.1 Å². The minimum Gasteiger partial charge on any atom is -0.444 e. The molecule has 2 rings (SSSR count). The summed E-state index contributed by atoms with van der Waals surface area (Å²) in [4.78, 5) is 26.5. The van der Waals surface area contributed by atoms with E-state index in [2.05, 4.69) is 6.92 Å². The van der Waals surface area contributed by atoms with Gasteiger partial charge in [-0.2, -0.15) is 0 Å². The van der Waals surface area contributed by atoms with Crippen LogP contribution in [0.1, 0.15) is 66.2 Å². The molecule has 4 nitrogen and oxygen atoms in total. The Hall–Kier alpha value is -1.06. The SMILES string of the molecule is CCC1CCCC(C(=O)C2CCN(C(=O)OC(C)(C)C)C2)C1. The van der Waals surface area contributed by atoms with E-state index in [-0.39, 0.29) is 17.9 Å². The highest BCUT2D eigenvalue weighted by molar-refractivity contribution is 5.85. The van der Waals surface area contributed by atoms with Gasteiger partial charge in [0.2, 0.25) is 0 Å². The first-order chi connectivity index (χ1) is 10.3. The molecule has 1 saturated carbocycles. The Bertz CT molecular complexity index is 413. The van der Waals surface area contributed by atoms with Crippen LogP contribution in [0.5, 0.6) is 0 Å². The number of carbonyl (C=O) groups excluding carboxylic acids is 2. The Morgan fingerprint density at radius 3 is 2.50 bits per heavy atom. The summed E-state index contributed by atoms with van der Waals surface area (Å²) in [5, 5.41) is 0. The molecule has 0 aromatic carbocycles. The first kappa shape index (κ1) is 17.3. The average Bonchev–Trinajstić information content (AvgIpc) is 2.94. The molecule has 1 aliphatic carbocycles. The Morgan fingerprint density at radius 2 is 1.86 bits per heavy atom. The molecule has 3 unspecified atom stereocenters. The second kappa shape index (κ2) is 7.01. The Balaban J connectivity index is 1.87. The van der Waals surface area contributed by atoms with E-state index in [4.69, 9.17) is 4.74 Å². The molecule has 0 aromatic heterocycles. The van der Waals surface area contributed by atoms with Gasteiger partial charge in [0.1, 0.15) is 11.4 Å². The smallest absolute Gasteiger partial charge is 0.410 e. The van der Waals surface area contributed by atoms with Gasteiger partial charge in [-0.1, -0.05) is 26.2 Å². The van der Waals surface area contributed by atoms with Crippen LogP contribution in [-0.4, -0.2) is 35.5 Å². The Kier molecular flexibility index (Phi) is 5.51. The maximum Gasteiger partial charge on any atom is 0.410 e. The molecule has 3 atom stereocenters. The third kappa shape index (κ3) is 4.47. The van der Waals surface area contributed by atoms with Crippen LogP contribution in [0.2, 0.25) is 0 Å². The van der Waals surface area contributed by atoms with E-state index in [1.54, 1.807) is 4.90 Å². The highest BCUT2D eigenvalue weighted by Gasteiger charge is 2.37. The molecule has 0 bridgehead atoms. The van der Waals surface area contributed by atoms with Gasteiger partial charge in [0.05, 0.1) is 0 Å². The molecule has 126 valence electrons. The van der Waals surface area contributed by atoms with Crippen LogP contribution in [0.4, 0.5) is 4.79 Å². The van der Waals surface area contributed by atoms with Gasteiger partial charge in [0.15, 0.2) is 0 Å². The summed E-state index contributed by atoms with van der Waals surface area (Å²) in [6, 6.07) is 0. The van der Waals surface area contributed by atoms with Crippen molar-refractivity contribution in [1.82, 2.24) is 4.90 Å². The lowest BCUT2D eigenvalue weighted by atomic mass is 9.75. The number of hydrogen-bond donors (Lipinski definition) is 0. The van der Waals surface area contributed by atoms with Crippen LogP contribution < -0.4 is 0 Å². The number of ketones is 1. The number of ether oxygens (including phenoxy) is 1. The fourth-order valence-electron chi connectivity index (χ4n) is 3.74. The van der Waals surface area contributed by atoms with E-state index in [9.17, 15) is 9.59 Å². The normalized spacial score (nSPS) is 29.5. The largest absolute Gasteiger partial charge is 0.444 e. The van der Waals surface area contributed by atoms with Gasteiger partial charge in [-0.05, 0) is 46.0 Å². The summed E-state index contributed by atoms with van der Waals surface area (Å²) in [5.41, 5.74) is -0.475. The summed E-state index contributed by atoms with van der Waals surface area (Å²) >= 11 is 0. The number of nitrogens with zero attached hydrogens (tertiary/aromatic N) is 1. The van der Waals surface area contributed by atoms with E-state index in [1.165, 1.54) is 19.3 Å². The van der Waals surface area contributed by atoms with Crippen LogP contribution in [0.25, 0.3) is 0 Å². The molecular formula is C18H31NO3. The van der Waals surface area contributed by atoms with Crippen LogP contribution in [-0.2, 0) is 9.53 Å². The lowest BCUT2D eigenvalue weighted by Crippen LogP contribution is -2.36. The summed E-state index contributed by atoms with van der Waals surface area (Å²) in [6.45, 7) is 9.02. The number of hydrogen-bond acceptors (Lipinski definition) is 3. The quantitative estimate of drug-likeness (QED) is 0.790. The molecule has 1 saturated heterocycles. The molecule has 1 heterocycles. The van der Waals surface area contributed by atoms with E-state index in [0.717, 1.165) is 19.3 Å². The van der Waals surface area contributed by atoms with Crippen LogP contribution in [0.3, 0.4) is 0 Å². The average molecular weight is 309 g/mol. The highest BCUT2D eigenvalue weighted by atomic mass is 16.6. The van der Waals surface area contributed by atoms with Crippen molar-refractivity contribution >= 4 is 11.9 Å². The van der Waals surface area contributed by atoms with Crippen molar-refractivity contribution in [3.8, 4) is 0 Å². The van der Waals surface area contributed by atoms with E-state index in [1.807, 2.05) is 20.8 Å². The summed E-state index contributed by atoms with van der Waals surface area (Å²) < 4.78 is 5.41. The van der Waals surface area contributed by atoms with Crippen molar-refractivity contribution in [2.24, 2.45) is 17.8 Å². The molecule has 0 N–H and O–H groups in total. The fraction of sp³-hybridized carbons (Fsp3) is 0.889. The molecule has 0 spiro atoms. The summed E-state index contributed by atoms with van der Waals surface area (Å²) in [5.74, 6) is 1.35. The predicted molar refractivity (Wildman–Crippen MR) is 86.7 cm³/mol. The predicted octanol–water partition coefficient (Wildman–Crippen LogP) is 4.03. The van der Waals surface area contributed by atoms with Crippen LogP contribution >= 0.6 is 0 Å². The van der Waals surface area contributed by atoms with E-state index >= 15 is 0 Å². The van der Waals surface area contributed by atoms with Gasteiger partial charge in [0, 0.05) is 24.9 Å². The van der Waals surface area contributed by atoms with Gasteiger partial charge in [-0.15, -0.1) is 0 Å². The number of likely N-dealkylation sites (tertiary alicyclic amines) is 1. The van der Waals surface area contributed by atoms with Gasteiger partial charge in [-0.3, -0.25) is 4.79 Å². The molecule has 2 fully saturated rings. The van der Waals surface area contributed by atoms with Gasteiger partial charge < -0.3 is 9.64 Å². The Morgan fingerprint density at radius 1 is 1.14 bits per heavy atom. The van der Waals surface area contributed by atoms with Gasteiger partial charge in [-0.25, -0.2) is 4.79 Å². The molecule has 0 aromatic rings. The van der Waals surface area contributed by atoms with Crippen molar-refractivity contribution < 1.29 is 14.3 Å². The first-order valence-electron chi connectivity index (χ1n) is 8.81. The molecule has 1 amide bonds. The zero-order chi connectivity index (χ0) is 16.3. The Labute approximate surface area is 134 Å². The van der Waals surface area contributed by atoms with Crippen molar-refractivity contribution in [2.45, 2.75) is 71.8 Å². The standard InChI is InChI=1S/C18H31NO3/c1-5-13-7-6-8-14(11-13)16(20)15-9-10-19(12-15)17(21)22-18(2,3)4/h13-15H,5-12H2,1-4H3. The number of carbonyl (C=O) groups is 2. The second-order valence-electron chi connectivity index (χ2n) is 7.95. The summed E-state index contributed by atoms with van der Waals surface area (Å²) in [6.07, 6.45) is 6.24. The number of Topliss-reactive ketones (excluding diaryl/α,β-unsaturated/α-hetero) is 1. The number of amides is 1. The third-order valence-electron chi connectivity index (χ3n) is 5.00. The number of rotatable bonds is 3. The van der Waals surface area contributed by atoms with E-state index < -0.39 is 5.60 Å². The van der Waals surface area contributed by atoms with Crippen molar-refractivity contribution in [1.29, 1.82) is 0 Å². The van der Waals surface area contributed by atoms with Crippen LogP contribution in [0, 0.1) is 17.8 Å². The monoisotopic (exact) mass is 309 g/mol. The maximum absolute atomic E-state index is 12.7.